The minimum Gasteiger partial charge on any atom is -0.351 e. The van der Waals surface area contributed by atoms with Gasteiger partial charge in [0.1, 0.15) is 0 Å². The highest BCUT2D eigenvalue weighted by atomic mass is 35.5. The van der Waals surface area contributed by atoms with Gasteiger partial charge in [-0.3, -0.25) is 4.79 Å². The number of carbonyl (C=O) groups excluding carboxylic acids is 1. The third kappa shape index (κ3) is 5.83. The van der Waals surface area contributed by atoms with Gasteiger partial charge in [-0.25, -0.2) is 13.1 Å². The standard InChI is InChI=1S/C19H23ClN2O3S/c1-19(2,3)15-6-10-17(11-7-15)26(24,25)22-13-18(23)21-12-14-4-8-16(20)9-5-14/h4-11,22H,12-13H2,1-3H3,(H,21,23). The van der Waals surface area contributed by atoms with Gasteiger partial charge in [-0.05, 0) is 40.8 Å². The summed E-state index contributed by atoms with van der Waals surface area (Å²) in [5.74, 6) is -0.408. The number of hydrogen-bond acceptors (Lipinski definition) is 3. The molecule has 2 aromatic rings. The van der Waals surface area contributed by atoms with Crippen molar-refractivity contribution in [2.24, 2.45) is 0 Å². The van der Waals surface area contributed by atoms with Crippen LogP contribution < -0.4 is 10.0 Å². The maximum atomic E-state index is 12.3. The Kier molecular flexibility index (Phi) is 6.44. The molecule has 2 aromatic carbocycles. The number of carbonyl (C=O) groups is 1. The molecular formula is C19H23ClN2O3S. The zero-order valence-electron chi connectivity index (χ0n) is 15.0. The first-order chi connectivity index (χ1) is 12.1. The smallest absolute Gasteiger partial charge is 0.241 e. The van der Waals surface area contributed by atoms with Crippen molar-refractivity contribution in [2.45, 2.75) is 37.6 Å². The van der Waals surface area contributed by atoms with Crippen LogP contribution in [-0.4, -0.2) is 20.9 Å². The lowest BCUT2D eigenvalue weighted by Crippen LogP contribution is -2.36. The summed E-state index contributed by atoms with van der Waals surface area (Å²) < 4.78 is 26.9. The molecule has 2 N–H and O–H groups in total. The Balaban J connectivity index is 1.90. The Morgan fingerprint density at radius 3 is 2.12 bits per heavy atom. The van der Waals surface area contributed by atoms with Gasteiger partial charge in [0.15, 0.2) is 0 Å². The summed E-state index contributed by atoms with van der Waals surface area (Å²) in [5.41, 5.74) is 1.86. The van der Waals surface area contributed by atoms with Gasteiger partial charge in [-0.1, -0.05) is 56.6 Å². The number of sulfonamides is 1. The fourth-order valence-corrected chi connectivity index (χ4v) is 3.35. The molecule has 7 heteroatoms. The average Bonchev–Trinajstić information content (AvgIpc) is 2.59. The van der Waals surface area contributed by atoms with E-state index in [1.165, 1.54) is 0 Å². The molecular weight excluding hydrogens is 372 g/mol. The van der Waals surface area contributed by atoms with E-state index in [9.17, 15) is 13.2 Å². The second-order valence-corrected chi connectivity index (χ2v) is 9.21. The second kappa shape index (κ2) is 8.20. The molecule has 0 aliphatic carbocycles. The molecule has 1 amide bonds. The van der Waals surface area contributed by atoms with Crippen LogP contribution >= 0.6 is 11.6 Å². The van der Waals surface area contributed by atoms with Crippen LogP contribution in [0.15, 0.2) is 53.4 Å². The minimum absolute atomic E-state index is 0.0583. The topological polar surface area (TPSA) is 75.3 Å². The van der Waals surface area contributed by atoms with Gasteiger partial charge in [0.05, 0.1) is 11.4 Å². The monoisotopic (exact) mass is 394 g/mol. The Bertz CT molecular complexity index is 855. The maximum absolute atomic E-state index is 12.3. The minimum atomic E-state index is -3.73. The summed E-state index contributed by atoms with van der Waals surface area (Å²) in [4.78, 5) is 12.0. The largest absolute Gasteiger partial charge is 0.351 e. The number of hydrogen-bond donors (Lipinski definition) is 2. The highest BCUT2D eigenvalue weighted by molar-refractivity contribution is 7.89. The Labute approximate surface area is 159 Å². The lowest BCUT2D eigenvalue weighted by molar-refractivity contribution is -0.120. The van der Waals surface area contributed by atoms with Gasteiger partial charge >= 0.3 is 0 Å². The Hall–Kier alpha value is -1.89. The Morgan fingerprint density at radius 1 is 1.00 bits per heavy atom. The van der Waals surface area contributed by atoms with E-state index in [-0.39, 0.29) is 16.9 Å². The first-order valence-electron chi connectivity index (χ1n) is 8.19. The van der Waals surface area contributed by atoms with Crippen LogP contribution in [0.2, 0.25) is 5.02 Å². The quantitative estimate of drug-likeness (QED) is 0.789. The van der Waals surface area contributed by atoms with Crippen molar-refractivity contribution in [1.29, 1.82) is 0 Å². The van der Waals surface area contributed by atoms with Crippen LogP contribution in [0.4, 0.5) is 0 Å². The highest BCUT2D eigenvalue weighted by Gasteiger charge is 2.18. The number of benzene rings is 2. The van der Waals surface area contributed by atoms with Gasteiger partial charge in [-0.15, -0.1) is 0 Å². The van der Waals surface area contributed by atoms with Gasteiger partial charge in [0.2, 0.25) is 15.9 Å². The van der Waals surface area contributed by atoms with Crippen LogP contribution in [0.25, 0.3) is 0 Å². The van der Waals surface area contributed by atoms with Gasteiger partial charge in [-0.2, -0.15) is 0 Å². The maximum Gasteiger partial charge on any atom is 0.241 e. The number of nitrogens with one attached hydrogen (secondary N) is 2. The molecule has 0 fully saturated rings. The lowest BCUT2D eigenvalue weighted by atomic mass is 9.87. The van der Waals surface area contributed by atoms with E-state index in [2.05, 4.69) is 30.8 Å². The summed E-state index contributed by atoms with van der Waals surface area (Å²) in [6.45, 7) is 6.15. The molecule has 0 heterocycles. The van der Waals surface area contributed by atoms with Crippen LogP contribution in [0.5, 0.6) is 0 Å². The van der Waals surface area contributed by atoms with E-state index in [1.54, 1.807) is 48.5 Å². The predicted octanol–water partition coefficient (Wildman–Crippen LogP) is 3.23. The van der Waals surface area contributed by atoms with E-state index in [0.717, 1.165) is 11.1 Å². The van der Waals surface area contributed by atoms with Crippen molar-refractivity contribution >= 4 is 27.5 Å². The van der Waals surface area contributed by atoms with Crippen LogP contribution in [0.1, 0.15) is 31.9 Å². The molecule has 0 aliphatic heterocycles. The fraction of sp³-hybridized carbons (Fsp3) is 0.316. The summed E-state index contributed by atoms with van der Waals surface area (Å²) in [5, 5.41) is 3.28. The molecule has 0 radical (unpaired) electrons. The van der Waals surface area contributed by atoms with Crippen LogP contribution in [-0.2, 0) is 26.8 Å². The zero-order valence-corrected chi connectivity index (χ0v) is 16.6. The van der Waals surface area contributed by atoms with E-state index in [4.69, 9.17) is 11.6 Å². The molecule has 0 unspecified atom stereocenters. The zero-order chi connectivity index (χ0) is 19.4. The van der Waals surface area contributed by atoms with E-state index >= 15 is 0 Å². The van der Waals surface area contributed by atoms with Gasteiger partial charge < -0.3 is 5.32 Å². The van der Waals surface area contributed by atoms with Crippen molar-refractivity contribution in [3.8, 4) is 0 Å². The van der Waals surface area contributed by atoms with E-state index in [1.807, 2.05) is 0 Å². The van der Waals surface area contributed by atoms with Crippen molar-refractivity contribution in [3.63, 3.8) is 0 Å². The number of halogens is 1. The fourth-order valence-electron chi connectivity index (χ4n) is 2.24. The highest BCUT2D eigenvalue weighted by Crippen LogP contribution is 2.23. The van der Waals surface area contributed by atoms with Crippen molar-refractivity contribution < 1.29 is 13.2 Å². The van der Waals surface area contributed by atoms with Crippen molar-refractivity contribution in [3.05, 3.63) is 64.7 Å². The van der Waals surface area contributed by atoms with Crippen LogP contribution in [0.3, 0.4) is 0 Å². The molecule has 0 atom stereocenters. The molecule has 2 rings (SSSR count). The molecule has 5 nitrogen and oxygen atoms in total. The normalized spacial score (nSPS) is 12.0. The molecule has 0 saturated carbocycles. The summed E-state index contributed by atoms with van der Waals surface area (Å²) >= 11 is 5.80. The molecule has 0 saturated heterocycles. The molecule has 0 aliphatic rings. The number of rotatable bonds is 6. The van der Waals surface area contributed by atoms with Gasteiger partial charge in [0, 0.05) is 11.6 Å². The summed E-state index contributed by atoms with van der Waals surface area (Å²) in [6, 6.07) is 13.7. The first-order valence-corrected chi connectivity index (χ1v) is 10.1. The average molecular weight is 395 g/mol. The molecule has 0 bridgehead atoms. The third-order valence-electron chi connectivity index (χ3n) is 3.86. The lowest BCUT2D eigenvalue weighted by Gasteiger charge is -2.19. The number of amides is 1. The summed E-state index contributed by atoms with van der Waals surface area (Å²) in [7, 11) is -3.73. The molecule has 26 heavy (non-hydrogen) atoms. The van der Waals surface area contributed by atoms with Crippen molar-refractivity contribution in [1.82, 2.24) is 10.0 Å². The van der Waals surface area contributed by atoms with Crippen molar-refractivity contribution in [2.75, 3.05) is 6.54 Å². The first kappa shape index (κ1) is 20.4. The SMILES string of the molecule is CC(C)(C)c1ccc(S(=O)(=O)NCC(=O)NCc2ccc(Cl)cc2)cc1. The predicted molar refractivity (Wildman–Crippen MR) is 104 cm³/mol. The second-order valence-electron chi connectivity index (χ2n) is 7.00. The molecule has 0 spiro atoms. The van der Waals surface area contributed by atoms with E-state index < -0.39 is 15.9 Å². The molecule has 140 valence electrons. The summed E-state index contributed by atoms with van der Waals surface area (Å²) in [6.07, 6.45) is 0. The Morgan fingerprint density at radius 2 is 1.58 bits per heavy atom. The third-order valence-corrected chi connectivity index (χ3v) is 5.53. The van der Waals surface area contributed by atoms with E-state index in [0.29, 0.717) is 11.6 Å². The van der Waals surface area contributed by atoms with Gasteiger partial charge in [0.25, 0.3) is 0 Å². The van der Waals surface area contributed by atoms with Crippen LogP contribution in [0, 0.1) is 0 Å². The molecule has 0 aromatic heterocycles.